The van der Waals surface area contributed by atoms with Crippen LogP contribution in [0.2, 0.25) is 0 Å². The van der Waals surface area contributed by atoms with E-state index in [0.29, 0.717) is 0 Å². The summed E-state index contributed by atoms with van der Waals surface area (Å²) in [5, 5.41) is 3.49. The smallest absolute Gasteiger partial charge is 0.193 e. The number of hydrogen-bond donors (Lipinski definition) is 1. The van der Waals surface area contributed by atoms with Gasteiger partial charge in [-0.3, -0.25) is 9.89 Å². The zero-order valence-electron chi connectivity index (χ0n) is 15.3. The maximum Gasteiger partial charge on any atom is 0.193 e. The molecular formula is C20H32N4. The second-order valence-corrected chi connectivity index (χ2v) is 7.10. The van der Waals surface area contributed by atoms with Gasteiger partial charge in [0.2, 0.25) is 0 Å². The van der Waals surface area contributed by atoms with Crippen LogP contribution in [0, 0.1) is 6.92 Å². The molecule has 0 amide bonds. The molecule has 0 radical (unpaired) electrons. The number of rotatable bonds is 5. The number of hydrogen-bond acceptors (Lipinski definition) is 2. The van der Waals surface area contributed by atoms with E-state index in [4.69, 9.17) is 4.99 Å². The summed E-state index contributed by atoms with van der Waals surface area (Å²) in [6.45, 7) is 10.9. The molecule has 2 aliphatic rings. The van der Waals surface area contributed by atoms with E-state index in [2.05, 4.69) is 53.2 Å². The molecule has 1 aromatic carbocycles. The highest BCUT2D eigenvalue weighted by molar-refractivity contribution is 5.80. The van der Waals surface area contributed by atoms with Crippen molar-refractivity contribution < 1.29 is 0 Å². The van der Waals surface area contributed by atoms with Crippen LogP contribution in [0.5, 0.6) is 0 Å². The molecule has 0 aliphatic carbocycles. The van der Waals surface area contributed by atoms with Gasteiger partial charge in [-0.1, -0.05) is 29.8 Å². The van der Waals surface area contributed by atoms with Crippen LogP contribution in [0.4, 0.5) is 0 Å². The summed E-state index contributed by atoms with van der Waals surface area (Å²) >= 11 is 0. The standard InChI is InChI=1S/C20H32N4/c1-3-21-20(22-12-10-18-8-6-17(2)7-9-18)24-15-11-19(16-24)23-13-4-5-14-23/h6-9,19H,3-5,10-16H2,1-2H3,(H,21,22). The van der Waals surface area contributed by atoms with Crippen molar-refractivity contribution in [1.29, 1.82) is 0 Å². The fraction of sp³-hybridized carbons (Fsp3) is 0.650. The minimum absolute atomic E-state index is 0.730. The summed E-state index contributed by atoms with van der Waals surface area (Å²) in [5.41, 5.74) is 2.69. The Balaban J connectivity index is 1.54. The van der Waals surface area contributed by atoms with Crippen molar-refractivity contribution in [3.05, 3.63) is 35.4 Å². The fourth-order valence-electron chi connectivity index (χ4n) is 3.81. The minimum atomic E-state index is 0.730. The first kappa shape index (κ1) is 17.3. The van der Waals surface area contributed by atoms with E-state index in [1.54, 1.807) is 0 Å². The highest BCUT2D eigenvalue weighted by Crippen LogP contribution is 2.20. The van der Waals surface area contributed by atoms with Crippen molar-refractivity contribution in [2.45, 2.75) is 45.6 Å². The van der Waals surface area contributed by atoms with Gasteiger partial charge in [0.15, 0.2) is 5.96 Å². The van der Waals surface area contributed by atoms with Gasteiger partial charge in [-0.15, -0.1) is 0 Å². The van der Waals surface area contributed by atoms with E-state index in [1.807, 2.05) is 0 Å². The topological polar surface area (TPSA) is 30.9 Å². The molecule has 2 fully saturated rings. The van der Waals surface area contributed by atoms with Crippen molar-refractivity contribution in [2.75, 3.05) is 39.3 Å². The molecule has 1 atom stereocenters. The molecule has 3 rings (SSSR count). The van der Waals surface area contributed by atoms with E-state index in [1.165, 1.54) is 43.5 Å². The van der Waals surface area contributed by atoms with Crippen LogP contribution >= 0.6 is 0 Å². The molecule has 24 heavy (non-hydrogen) atoms. The predicted octanol–water partition coefficient (Wildman–Crippen LogP) is 2.67. The van der Waals surface area contributed by atoms with Crippen LogP contribution in [0.25, 0.3) is 0 Å². The van der Waals surface area contributed by atoms with Gasteiger partial charge in [-0.2, -0.15) is 0 Å². The van der Waals surface area contributed by atoms with Crippen LogP contribution in [0.3, 0.4) is 0 Å². The van der Waals surface area contributed by atoms with E-state index >= 15 is 0 Å². The molecule has 1 N–H and O–H groups in total. The maximum absolute atomic E-state index is 4.89. The first-order chi connectivity index (χ1) is 11.8. The van der Waals surface area contributed by atoms with Gasteiger partial charge < -0.3 is 10.2 Å². The second-order valence-electron chi connectivity index (χ2n) is 7.10. The van der Waals surface area contributed by atoms with Crippen LogP contribution in [0.1, 0.15) is 37.3 Å². The molecule has 0 bridgehead atoms. The predicted molar refractivity (Wildman–Crippen MR) is 102 cm³/mol. The van der Waals surface area contributed by atoms with Gasteiger partial charge in [-0.25, -0.2) is 0 Å². The molecule has 1 unspecified atom stereocenters. The Bertz CT molecular complexity index is 531. The Morgan fingerprint density at radius 1 is 1.17 bits per heavy atom. The number of likely N-dealkylation sites (tertiary alicyclic amines) is 2. The Kier molecular flexibility index (Phi) is 6.13. The molecule has 0 saturated carbocycles. The lowest BCUT2D eigenvalue weighted by Crippen LogP contribution is -2.42. The lowest BCUT2D eigenvalue weighted by molar-refractivity contribution is 0.249. The van der Waals surface area contributed by atoms with Crippen molar-refractivity contribution in [1.82, 2.24) is 15.1 Å². The van der Waals surface area contributed by atoms with Crippen LogP contribution in [0.15, 0.2) is 29.3 Å². The molecule has 2 heterocycles. The average Bonchev–Trinajstić information content (AvgIpc) is 3.27. The molecule has 132 valence electrons. The van der Waals surface area contributed by atoms with Gasteiger partial charge >= 0.3 is 0 Å². The molecule has 0 aromatic heterocycles. The van der Waals surface area contributed by atoms with Crippen molar-refractivity contribution in [2.24, 2.45) is 4.99 Å². The van der Waals surface area contributed by atoms with Crippen LogP contribution in [-0.2, 0) is 6.42 Å². The number of aryl methyl sites for hydroxylation is 1. The Hall–Kier alpha value is -1.55. The van der Waals surface area contributed by atoms with Crippen molar-refractivity contribution in [3.8, 4) is 0 Å². The van der Waals surface area contributed by atoms with Crippen molar-refractivity contribution >= 4 is 5.96 Å². The summed E-state index contributed by atoms with van der Waals surface area (Å²) < 4.78 is 0. The highest BCUT2D eigenvalue weighted by Gasteiger charge is 2.30. The van der Waals surface area contributed by atoms with Gasteiger partial charge in [-0.05, 0) is 58.2 Å². The van der Waals surface area contributed by atoms with E-state index in [-0.39, 0.29) is 0 Å². The number of aliphatic imine (C=N–C) groups is 1. The summed E-state index contributed by atoms with van der Waals surface area (Å²) in [6.07, 6.45) is 5.04. The maximum atomic E-state index is 4.89. The van der Waals surface area contributed by atoms with E-state index in [0.717, 1.165) is 44.6 Å². The highest BCUT2D eigenvalue weighted by atomic mass is 15.3. The van der Waals surface area contributed by atoms with Crippen LogP contribution < -0.4 is 5.32 Å². The Morgan fingerprint density at radius 3 is 2.62 bits per heavy atom. The normalized spacial score (nSPS) is 22.3. The molecular weight excluding hydrogens is 296 g/mol. The first-order valence-corrected chi connectivity index (χ1v) is 9.59. The molecule has 0 spiro atoms. The number of nitrogens with one attached hydrogen (secondary N) is 1. The monoisotopic (exact) mass is 328 g/mol. The average molecular weight is 329 g/mol. The summed E-state index contributed by atoms with van der Waals surface area (Å²) in [5.74, 6) is 1.10. The lowest BCUT2D eigenvalue weighted by Gasteiger charge is -2.25. The zero-order chi connectivity index (χ0) is 16.8. The Labute approximate surface area is 146 Å². The van der Waals surface area contributed by atoms with Crippen molar-refractivity contribution in [3.63, 3.8) is 0 Å². The largest absolute Gasteiger partial charge is 0.357 e. The minimum Gasteiger partial charge on any atom is -0.357 e. The molecule has 4 nitrogen and oxygen atoms in total. The zero-order valence-corrected chi connectivity index (χ0v) is 15.3. The second kappa shape index (κ2) is 8.52. The quantitative estimate of drug-likeness (QED) is 0.666. The third-order valence-electron chi connectivity index (χ3n) is 5.24. The molecule has 1 aromatic rings. The molecule has 2 aliphatic heterocycles. The van der Waals surface area contributed by atoms with Gasteiger partial charge in [0.05, 0.1) is 0 Å². The number of guanidine groups is 1. The van der Waals surface area contributed by atoms with Gasteiger partial charge in [0.25, 0.3) is 0 Å². The molecule has 2 saturated heterocycles. The van der Waals surface area contributed by atoms with E-state index in [9.17, 15) is 0 Å². The summed E-state index contributed by atoms with van der Waals surface area (Å²) in [4.78, 5) is 10.0. The fourth-order valence-corrected chi connectivity index (χ4v) is 3.81. The number of benzene rings is 1. The summed E-state index contributed by atoms with van der Waals surface area (Å²) in [6, 6.07) is 9.54. The summed E-state index contributed by atoms with van der Waals surface area (Å²) in [7, 11) is 0. The SMILES string of the molecule is CCNC(=NCCc1ccc(C)cc1)N1CCC(N2CCCC2)C1. The number of nitrogens with zero attached hydrogens (tertiary/aromatic N) is 3. The lowest BCUT2D eigenvalue weighted by atomic mass is 10.1. The Morgan fingerprint density at radius 2 is 1.92 bits per heavy atom. The first-order valence-electron chi connectivity index (χ1n) is 9.59. The van der Waals surface area contributed by atoms with Gasteiger partial charge in [0, 0.05) is 32.2 Å². The third kappa shape index (κ3) is 4.50. The van der Waals surface area contributed by atoms with Gasteiger partial charge in [0.1, 0.15) is 0 Å². The van der Waals surface area contributed by atoms with E-state index < -0.39 is 0 Å². The van der Waals surface area contributed by atoms with Crippen LogP contribution in [-0.4, -0.2) is 61.1 Å². The third-order valence-corrected chi connectivity index (χ3v) is 5.24. The molecule has 4 heteroatoms.